The fourth-order valence-electron chi connectivity index (χ4n) is 2.15. The summed E-state index contributed by atoms with van der Waals surface area (Å²) in [7, 11) is 1.66. The highest BCUT2D eigenvalue weighted by Gasteiger charge is 2.22. The Bertz CT molecular complexity index is 421. The Balaban J connectivity index is 2.17. The van der Waals surface area contributed by atoms with Crippen LogP contribution in [0.1, 0.15) is 16.2 Å². The summed E-state index contributed by atoms with van der Waals surface area (Å²) in [4.78, 5) is 17.5. The SMILES string of the molecule is COCC1CN(c2ccc(C)nc2C=O)CCO1. The lowest BCUT2D eigenvalue weighted by molar-refractivity contribution is -0.0101. The van der Waals surface area contributed by atoms with Gasteiger partial charge >= 0.3 is 0 Å². The molecule has 1 aliphatic rings. The van der Waals surface area contributed by atoms with Gasteiger partial charge in [-0.05, 0) is 19.1 Å². The standard InChI is InChI=1S/C13H18N2O3/c1-10-3-4-13(12(8-16)14-10)15-5-6-18-11(7-15)9-17-2/h3-4,8,11H,5-7,9H2,1-2H3. The highest BCUT2D eigenvalue weighted by atomic mass is 16.5. The van der Waals surface area contributed by atoms with E-state index in [2.05, 4.69) is 9.88 Å². The van der Waals surface area contributed by atoms with Crippen molar-refractivity contribution in [2.24, 2.45) is 0 Å². The van der Waals surface area contributed by atoms with Crippen LogP contribution in [0.5, 0.6) is 0 Å². The number of nitrogens with zero attached hydrogens (tertiary/aromatic N) is 2. The van der Waals surface area contributed by atoms with E-state index in [0.29, 0.717) is 18.9 Å². The van der Waals surface area contributed by atoms with E-state index in [1.807, 2.05) is 19.1 Å². The average Bonchev–Trinajstić information content (AvgIpc) is 2.39. The van der Waals surface area contributed by atoms with E-state index in [1.54, 1.807) is 7.11 Å². The minimum atomic E-state index is 0.0459. The summed E-state index contributed by atoms with van der Waals surface area (Å²) in [5.41, 5.74) is 2.22. The topological polar surface area (TPSA) is 51.7 Å². The highest BCUT2D eigenvalue weighted by Crippen LogP contribution is 2.20. The maximum Gasteiger partial charge on any atom is 0.170 e. The van der Waals surface area contributed by atoms with Crippen LogP contribution in [0.25, 0.3) is 0 Å². The monoisotopic (exact) mass is 250 g/mol. The number of carbonyl (C=O) groups is 1. The molecular weight excluding hydrogens is 232 g/mol. The van der Waals surface area contributed by atoms with Crippen molar-refractivity contribution in [1.29, 1.82) is 0 Å². The molecule has 0 N–H and O–H groups in total. The van der Waals surface area contributed by atoms with E-state index in [4.69, 9.17) is 9.47 Å². The maximum absolute atomic E-state index is 11.1. The number of hydrogen-bond acceptors (Lipinski definition) is 5. The average molecular weight is 250 g/mol. The van der Waals surface area contributed by atoms with Crippen molar-refractivity contribution in [3.05, 3.63) is 23.5 Å². The number of carbonyl (C=O) groups excluding carboxylic acids is 1. The highest BCUT2D eigenvalue weighted by molar-refractivity contribution is 5.82. The van der Waals surface area contributed by atoms with Crippen LogP contribution < -0.4 is 4.90 Å². The first-order valence-electron chi connectivity index (χ1n) is 6.03. The molecule has 0 aromatic carbocycles. The molecule has 0 saturated carbocycles. The smallest absolute Gasteiger partial charge is 0.170 e. The largest absolute Gasteiger partial charge is 0.382 e. The van der Waals surface area contributed by atoms with E-state index in [9.17, 15) is 4.79 Å². The lowest BCUT2D eigenvalue weighted by atomic mass is 10.2. The van der Waals surface area contributed by atoms with Crippen LogP contribution in [0, 0.1) is 6.92 Å². The van der Waals surface area contributed by atoms with Crippen LogP contribution in [-0.2, 0) is 9.47 Å². The van der Waals surface area contributed by atoms with Crippen LogP contribution in [0.4, 0.5) is 5.69 Å². The normalized spacial score (nSPS) is 19.9. The zero-order valence-electron chi connectivity index (χ0n) is 10.8. The molecule has 1 atom stereocenters. The van der Waals surface area contributed by atoms with Crippen molar-refractivity contribution in [3.63, 3.8) is 0 Å². The van der Waals surface area contributed by atoms with Gasteiger partial charge in [-0.15, -0.1) is 0 Å². The molecule has 1 aromatic heterocycles. The van der Waals surface area contributed by atoms with Gasteiger partial charge in [0.2, 0.25) is 0 Å². The molecule has 5 heteroatoms. The number of pyridine rings is 1. The van der Waals surface area contributed by atoms with E-state index in [0.717, 1.165) is 30.8 Å². The molecule has 1 saturated heterocycles. The van der Waals surface area contributed by atoms with Crippen molar-refractivity contribution < 1.29 is 14.3 Å². The number of rotatable bonds is 4. The lowest BCUT2D eigenvalue weighted by Crippen LogP contribution is -2.44. The fraction of sp³-hybridized carbons (Fsp3) is 0.538. The number of aromatic nitrogens is 1. The first kappa shape index (κ1) is 13.0. The minimum absolute atomic E-state index is 0.0459. The first-order valence-corrected chi connectivity index (χ1v) is 6.03. The van der Waals surface area contributed by atoms with Gasteiger partial charge in [0, 0.05) is 25.9 Å². The van der Waals surface area contributed by atoms with E-state index in [-0.39, 0.29) is 6.10 Å². The van der Waals surface area contributed by atoms with Gasteiger partial charge in [-0.1, -0.05) is 0 Å². The molecule has 1 aliphatic heterocycles. The zero-order chi connectivity index (χ0) is 13.0. The fourth-order valence-corrected chi connectivity index (χ4v) is 2.15. The molecule has 0 bridgehead atoms. The van der Waals surface area contributed by atoms with Gasteiger partial charge < -0.3 is 14.4 Å². The second kappa shape index (κ2) is 5.93. The van der Waals surface area contributed by atoms with Gasteiger partial charge in [0.1, 0.15) is 5.69 Å². The lowest BCUT2D eigenvalue weighted by Gasteiger charge is -2.34. The Morgan fingerprint density at radius 2 is 2.44 bits per heavy atom. The molecule has 1 fully saturated rings. The number of aldehydes is 1. The molecule has 2 rings (SSSR count). The van der Waals surface area contributed by atoms with Crippen molar-refractivity contribution in [3.8, 4) is 0 Å². The van der Waals surface area contributed by atoms with Crippen LogP contribution in [-0.4, -0.2) is 50.8 Å². The summed E-state index contributed by atoms with van der Waals surface area (Å²) in [5, 5.41) is 0. The Morgan fingerprint density at radius 1 is 1.61 bits per heavy atom. The number of aryl methyl sites for hydroxylation is 1. The third kappa shape index (κ3) is 2.86. The predicted octanol–water partition coefficient (Wildman–Crippen LogP) is 1.05. The number of methoxy groups -OCH3 is 1. The Hall–Kier alpha value is -1.46. The Kier molecular flexibility index (Phi) is 4.28. The van der Waals surface area contributed by atoms with Crippen molar-refractivity contribution in [2.75, 3.05) is 38.3 Å². The van der Waals surface area contributed by atoms with Gasteiger partial charge in [0.05, 0.1) is 25.0 Å². The van der Waals surface area contributed by atoms with E-state index < -0.39 is 0 Å². The third-order valence-electron chi connectivity index (χ3n) is 2.99. The van der Waals surface area contributed by atoms with E-state index >= 15 is 0 Å². The molecule has 5 nitrogen and oxygen atoms in total. The molecule has 98 valence electrons. The van der Waals surface area contributed by atoms with E-state index in [1.165, 1.54) is 0 Å². The van der Waals surface area contributed by atoms with Gasteiger partial charge in [0.25, 0.3) is 0 Å². The quantitative estimate of drug-likeness (QED) is 0.748. The molecule has 0 radical (unpaired) electrons. The Labute approximate surface area is 107 Å². The molecule has 1 aromatic rings. The van der Waals surface area contributed by atoms with Gasteiger partial charge in [-0.25, -0.2) is 4.98 Å². The van der Waals surface area contributed by atoms with Crippen molar-refractivity contribution in [2.45, 2.75) is 13.0 Å². The van der Waals surface area contributed by atoms with Crippen LogP contribution in [0.15, 0.2) is 12.1 Å². The zero-order valence-corrected chi connectivity index (χ0v) is 10.8. The molecule has 18 heavy (non-hydrogen) atoms. The first-order chi connectivity index (χ1) is 8.74. The predicted molar refractivity (Wildman–Crippen MR) is 68.2 cm³/mol. The molecule has 1 unspecified atom stereocenters. The molecule has 0 aliphatic carbocycles. The second-order valence-electron chi connectivity index (χ2n) is 4.37. The van der Waals surface area contributed by atoms with Gasteiger partial charge in [-0.2, -0.15) is 0 Å². The second-order valence-corrected chi connectivity index (χ2v) is 4.37. The molecule has 0 spiro atoms. The number of morpholine rings is 1. The molecular formula is C13H18N2O3. The van der Waals surface area contributed by atoms with Gasteiger partial charge in [-0.3, -0.25) is 4.79 Å². The van der Waals surface area contributed by atoms with Crippen LogP contribution in [0.3, 0.4) is 0 Å². The summed E-state index contributed by atoms with van der Waals surface area (Å²) >= 11 is 0. The summed E-state index contributed by atoms with van der Waals surface area (Å²) in [5.74, 6) is 0. The summed E-state index contributed by atoms with van der Waals surface area (Å²) in [6, 6.07) is 3.87. The Morgan fingerprint density at radius 3 is 3.17 bits per heavy atom. The number of ether oxygens (including phenoxy) is 2. The number of hydrogen-bond donors (Lipinski definition) is 0. The summed E-state index contributed by atoms with van der Waals surface area (Å²) < 4.78 is 10.7. The molecule has 2 heterocycles. The van der Waals surface area contributed by atoms with Crippen molar-refractivity contribution >= 4 is 12.0 Å². The van der Waals surface area contributed by atoms with Crippen LogP contribution in [0.2, 0.25) is 0 Å². The molecule has 0 amide bonds. The van der Waals surface area contributed by atoms with Crippen LogP contribution >= 0.6 is 0 Å². The van der Waals surface area contributed by atoms with Crippen molar-refractivity contribution in [1.82, 2.24) is 4.98 Å². The third-order valence-corrected chi connectivity index (χ3v) is 2.99. The number of anilines is 1. The maximum atomic E-state index is 11.1. The summed E-state index contributed by atoms with van der Waals surface area (Å²) in [6.07, 6.45) is 0.855. The van der Waals surface area contributed by atoms with Gasteiger partial charge in [0.15, 0.2) is 6.29 Å². The summed E-state index contributed by atoms with van der Waals surface area (Å²) in [6.45, 7) is 4.57. The minimum Gasteiger partial charge on any atom is -0.382 e.